The SMILES string of the molecule is CC(C)C(CNc1ccc2nnc(C(F)(F)F)n2n1)C(C)C. The van der Waals surface area contributed by atoms with Crippen molar-refractivity contribution in [3.63, 3.8) is 0 Å². The first-order valence-corrected chi connectivity index (χ1v) is 7.23. The summed E-state index contributed by atoms with van der Waals surface area (Å²) < 4.78 is 39.2. The van der Waals surface area contributed by atoms with E-state index in [0.29, 0.717) is 30.1 Å². The van der Waals surface area contributed by atoms with Gasteiger partial charge < -0.3 is 5.32 Å². The number of anilines is 1. The number of alkyl halides is 3. The highest BCUT2D eigenvalue weighted by atomic mass is 19.4. The van der Waals surface area contributed by atoms with E-state index in [1.165, 1.54) is 6.07 Å². The Bertz CT molecular complexity index is 625. The summed E-state index contributed by atoms with van der Waals surface area (Å²) in [4.78, 5) is 0. The van der Waals surface area contributed by atoms with Crippen LogP contribution in [-0.2, 0) is 6.18 Å². The zero-order chi connectivity index (χ0) is 16.5. The van der Waals surface area contributed by atoms with Gasteiger partial charge in [-0.3, -0.25) is 0 Å². The molecule has 122 valence electrons. The molecule has 0 spiro atoms. The molecule has 22 heavy (non-hydrogen) atoms. The minimum absolute atomic E-state index is 0.0714. The Morgan fingerprint density at radius 2 is 1.73 bits per heavy atom. The zero-order valence-electron chi connectivity index (χ0n) is 13.0. The van der Waals surface area contributed by atoms with Crippen LogP contribution in [0.4, 0.5) is 19.0 Å². The van der Waals surface area contributed by atoms with Crippen molar-refractivity contribution in [3.8, 4) is 0 Å². The van der Waals surface area contributed by atoms with Crippen LogP contribution in [0.5, 0.6) is 0 Å². The Kier molecular flexibility index (Phi) is 4.58. The number of nitrogens with one attached hydrogen (secondary N) is 1. The first kappa shape index (κ1) is 16.5. The zero-order valence-corrected chi connectivity index (χ0v) is 13.0. The Balaban J connectivity index is 2.22. The molecule has 1 N–H and O–H groups in total. The molecule has 0 aliphatic carbocycles. The summed E-state index contributed by atoms with van der Waals surface area (Å²) in [5, 5.41) is 13.7. The lowest BCUT2D eigenvalue weighted by molar-refractivity contribution is -0.146. The quantitative estimate of drug-likeness (QED) is 0.918. The molecule has 0 saturated carbocycles. The van der Waals surface area contributed by atoms with Crippen LogP contribution in [0.1, 0.15) is 33.5 Å². The molecule has 0 unspecified atom stereocenters. The summed E-state index contributed by atoms with van der Waals surface area (Å²) in [5.41, 5.74) is 0.0714. The van der Waals surface area contributed by atoms with Gasteiger partial charge in [-0.2, -0.15) is 17.7 Å². The number of halogens is 3. The molecule has 0 aliphatic heterocycles. The third-order valence-electron chi connectivity index (χ3n) is 3.75. The maximum atomic E-state index is 12.8. The lowest BCUT2D eigenvalue weighted by atomic mass is 9.85. The average molecular weight is 315 g/mol. The molecule has 0 fully saturated rings. The van der Waals surface area contributed by atoms with E-state index in [0.717, 1.165) is 4.52 Å². The maximum absolute atomic E-state index is 12.8. The fourth-order valence-electron chi connectivity index (χ4n) is 2.52. The molecule has 0 saturated heterocycles. The second-order valence-electron chi connectivity index (χ2n) is 6.04. The average Bonchev–Trinajstić information content (AvgIpc) is 2.80. The van der Waals surface area contributed by atoms with Crippen molar-refractivity contribution in [2.45, 2.75) is 33.9 Å². The largest absolute Gasteiger partial charge is 0.453 e. The van der Waals surface area contributed by atoms with Gasteiger partial charge in [0.25, 0.3) is 5.82 Å². The van der Waals surface area contributed by atoms with Gasteiger partial charge in [0, 0.05) is 6.54 Å². The molecule has 2 heterocycles. The lowest BCUT2D eigenvalue weighted by Gasteiger charge is -2.25. The number of aromatic nitrogens is 4. The van der Waals surface area contributed by atoms with Crippen LogP contribution in [0.25, 0.3) is 5.65 Å². The molecule has 2 rings (SSSR count). The fraction of sp³-hybridized carbons (Fsp3) is 0.643. The summed E-state index contributed by atoms with van der Waals surface area (Å²) >= 11 is 0. The summed E-state index contributed by atoms with van der Waals surface area (Å²) in [5.74, 6) is 0.605. The Morgan fingerprint density at radius 1 is 1.09 bits per heavy atom. The second kappa shape index (κ2) is 6.10. The molecule has 0 atom stereocenters. The van der Waals surface area contributed by atoms with Crippen molar-refractivity contribution >= 4 is 11.5 Å². The Hall–Kier alpha value is -1.86. The van der Waals surface area contributed by atoms with Gasteiger partial charge in [-0.25, -0.2) is 0 Å². The maximum Gasteiger partial charge on any atom is 0.453 e. The van der Waals surface area contributed by atoms with Gasteiger partial charge >= 0.3 is 6.18 Å². The summed E-state index contributed by atoms with van der Waals surface area (Å²) in [6.07, 6.45) is -4.58. The van der Waals surface area contributed by atoms with Crippen molar-refractivity contribution in [2.24, 2.45) is 17.8 Å². The minimum Gasteiger partial charge on any atom is -0.368 e. The van der Waals surface area contributed by atoms with E-state index in [1.807, 2.05) is 0 Å². The van der Waals surface area contributed by atoms with E-state index in [2.05, 4.69) is 48.3 Å². The highest BCUT2D eigenvalue weighted by Gasteiger charge is 2.37. The first-order valence-electron chi connectivity index (χ1n) is 7.23. The van der Waals surface area contributed by atoms with Gasteiger partial charge in [0.1, 0.15) is 5.82 Å². The van der Waals surface area contributed by atoms with Crippen molar-refractivity contribution in [1.82, 2.24) is 19.8 Å². The van der Waals surface area contributed by atoms with Gasteiger partial charge in [-0.05, 0) is 29.9 Å². The summed E-state index contributed by atoms with van der Waals surface area (Å²) in [6, 6.07) is 3.08. The molecule has 0 amide bonds. The highest BCUT2D eigenvalue weighted by Crippen LogP contribution is 2.27. The van der Waals surface area contributed by atoms with Crippen LogP contribution < -0.4 is 5.32 Å². The smallest absolute Gasteiger partial charge is 0.368 e. The lowest BCUT2D eigenvalue weighted by Crippen LogP contribution is -2.25. The molecular weight excluding hydrogens is 295 g/mol. The molecule has 8 heteroatoms. The normalized spacial score (nSPS) is 12.8. The van der Waals surface area contributed by atoms with Crippen LogP contribution in [0.2, 0.25) is 0 Å². The van der Waals surface area contributed by atoms with E-state index in [1.54, 1.807) is 6.07 Å². The number of fused-ring (bicyclic) bond motifs is 1. The number of hydrogen-bond acceptors (Lipinski definition) is 4. The van der Waals surface area contributed by atoms with Gasteiger partial charge in [-0.1, -0.05) is 27.7 Å². The van der Waals surface area contributed by atoms with Crippen LogP contribution in [0.15, 0.2) is 12.1 Å². The van der Waals surface area contributed by atoms with Gasteiger partial charge in [0.15, 0.2) is 5.65 Å². The second-order valence-corrected chi connectivity index (χ2v) is 6.04. The molecule has 0 bridgehead atoms. The number of hydrogen-bond donors (Lipinski definition) is 1. The van der Waals surface area contributed by atoms with Gasteiger partial charge in [0.05, 0.1) is 0 Å². The molecule has 0 radical (unpaired) electrons. The van der Waals surface area contributed by atoms with Crippen LogP contribution in [-0.4, -0.2) is 26.4 Å². The van der Waals surface area contributed by atoms with Crippen molar-refractivity contribution in [1.29, 1.82) is 0 Å². The van der Waals surface area contributed by atoms with E-state index in [-0.39, 0.29) is 5.65 Å². The minimum atomic E-state index is -4.58. The predicted molar refractivity (Wildman–Crippen MR) is 77.4 cm³/mol. The summed E-state index contributed by atoms with van der Waals surface area (Å²) in [6.45, 7) is 9.17. The Morgan fingerprint density at radius 3 is 2.27 bits per heavy atom. The molecule has 5 nitrogen and oxygen atoms in total. The molecule has 0 aliphatic rings. The molecule has 2 aromatic rings. The van der Waals surface area contributed by atoms with E-state index in [4.69, 9.17) is 0 Å². The highest BCUT2D eigenvalue weighted by molar-refractivity contribution is 5.44. The van der Waals surface area contributed by atoms with Gasteiger partial charge in [-0.15, -0.1) is 15.3 Å². The first-order chi connectivity index (χ1) is 10.2. The third kappa shape index (κ3) is 3.48. The number of rotatable bonds is 5. The van der Waals surface area contributed by atoms with E-state index in [9.17, 15) is 13.2 Å². The third-order valence-corrected chi connectivity index (χ3v) is 3.75. The fourth-order valence-corrected chi connectivity index (χ4v) is 2.52. The monoisotopic (exact) mass is 315 g/mol. The van der Waals surface area contributed by atoms with E-state index < -0.39 is 12.0 Å². The Labute approximate surface area is 126 Å². The standard InChI is InChI=1S/C14H20F3N5/c1-8(2)10(9(3)4)7-18-11-5-6-12-19-20-13(14(15,16)17)22(12)21-11/h5-6,8-10H,7H2,1-4H3,(H,18,21). The van der Waals surface area contributed by atoms with Crippen molar-refractivity contribution in [2.75, 3.05) is 11.9 Å². The topological polar surface area (TPSA) is 55.1 Å². The van der Waals surface area contributed by atoms with E-state index >= 15 is 0 Å². The predicted octanol–water partition coefficient (Wildman–Crippen LogP) is 3.48. The molecular formula is C14H20F3N5. The number of nitrogens with zero attached hydrogens (tertiary/aromatic N) is 4. The van der Waals surface area contributed by atoms with Crippen molar-refractivity contribution in [3.05, 3.63) is 18.0 Å². The van der Waals surface area contributed by atoms with Crippen LogP contribution in [0.3, 0.4) is 0 Å². The summed E-state index contributed by atoms with van der Waals surface area (Å²) in [7, 11) is 0. The van der Waals surface area contributed by atoms with Crippen LogP contribution in [0, 0.1) is 17.8 Å². The van der Waals surface area contributed by atoms with Crippen molar-refractivity contribution < 1.29 is 13.2 Å². The van der Waals surface area contributed by atoms with Gasteiger partial charge in [0.2, 0.25) is 0 Å². The molecule has 2 aromatic heterocycles. The molecule has 0 aromatic carbocycles. The van der Waals surface area contributed by atoms with Crippen LogP contribution >= 0.6 is 0 Å².